The highest BCUT2D eigenvalue weighted by Crippen LogP contribution is 2.29. The molecule has 0 amide bonds. The quantitative estimate of drug-likeness (QED) is 0.732. The van der Waals surface area contributed by atoms with E-state index >= 15 is 0 Å². The zero-order chi connectivity index (χ0) is 15.5. The van der Waals surface area contributed by atoms with Gasteiger partial charge < -0.3 is 5.32 Å². The SMILES string of the molecule is CCNC(CCC(F)(F)F)c1ccc2cc(Br)ccc2c1. The van der Waals surface area contributed by atoms with Crippen LogP contribution in [0, 0.1) is 0 Å². The first-order chi connectivity index (χ1) is 9.89. The molecular formula is C16H17BrF3N. The predicted molar refractivity (Wildman–Crippen MR) is 83.4 cm³/mol. The van der Waals surface area contributed by atoms with E-state index in [1.165, 1.54) is 0 Å². The van der Waals surface area contributed by atoms with Gasteiger partial charge in [0.05, 0.1) is 0 Å². The van der Waals surface area contributed by atoms with Crippen LogP contribution in [0.25, 0.3) is 10.8 Å². The number of nitrogens with one attached hydrogen (secondary N) is 1. The van der Waals surface area contributed by atoms with E-state index in [1.54, 1.807) is 0 Å². The summed E-state index contributed by atoms with van der Waals surface area (Å²) in [6.07, 6.45) is -4.84. The molecule has 0 fully saturated rings. The molecule has 0 saturated heterocycles. The van der Waals surface area contributed by atoms with E-state index in [2.05, 4.69) is 21.2 Å². The third kappa shape index (κ3) is 4.71. The molecule has 0 saturated carbocycles. The van der Waals surface area contributed by atoms with E-state index < -0.39 is 12.6 Å². The van der Waals surface area contributed by atoms with Crippen molar-refractivity contribution in [2.45, 2.75) is 32.0 Å². The standard InChI is InChI=1S/C16H17BrF3N/c1-2-21-15(7-8-16(18,19)20)13-4-3-12-10-14(17)6-5-11(12)9-13/h3-6,9-10,15,21H,2,7-8H2,1H3. The van der Waals surface area contributed by atoms with Gasteiger partial charge in [-0.1, -0.05) is 41.1 Å². The maximum absolute atomic E-state index is 12.4. The molecule has 1 unspecified atom stereocenters. The number of rotatable bonds is 5. The minimum absolute atomic E-state index is 0.0549. The molecule has 0 radical (unpaired) electrons. The second-order valence-electron chi connectivity index (χ2n) is 5.02. The largest absolute Gasteiger partial charge is 0.389 e. The zero-order valence-electron chi connectivity index (χ0n) is 11.7. The second kappa shape index (κ2) is 6.79. The van der Waals surface area contributed by atoms with Crippen molar-refractivity contribution in [1.29, 1.82) is 0 Å². The van der Waals surface area contributed by atoms with Crippen LogP contribution in [0.2, 0.25) is 0 Å². The van der Waals surface area contributed by atoms with Crippen molar-refractivity contribution in [3.8, 4) is 0 Å². The molecule has 2 rings (SSSR count). The molecule has 0 spiro atoms. The fraction of sp³-hybridized carbons (Fsp3) is 0.375. The number of hydrogen-bond donors (Lipinski definition) is 1. The lowest BCUT2D eigenvalue weighted by molar-refractivity contribution is -0.136. The first kappa shape index (κ1) is 16.3. The molecule has 0 aliphatic carbocycles. The third-order valence-electron chi connectivity index (χ3n) is 3.40. The number of fused-ring (bicyclic) bond motifs is 1. The Morgan fingerprint density at radius 1 is 1.10 bits per heavy atom. The van der Waals surface area contributed by atoms with Gasteiger partial charge in [-0.25, -0.2) is 0 Å². The molecule has 1 atom stereocenters. The van der Waals surface area contributed by atoms with Crippen molar-refractivity contribution in [3.63, 3.8) is 0 Å². The van der Waals surface area contributed by atoms with Gasteiger partial charge in [0.2, 0.25) is 0 Å². The monoisotopic (exact) mass is 359 g/mol. The minimum atomic E-state index is -4.12. The molecule has 1 nitrogen and oxygen atoms in total. The summed E-state index contributed by atoms with van der Waals surface area (Å²) in [5.74, 6) is 0. The number of alkyl halides is 3. The molecule has 2 aromatic carbocycles. The summed E-state index contributed by atoms with van der Waals surface area (Å²) in [7, 11) is 0. The highest BCUT2D eigenvalue weighted by atomic mass is 79.9. The Balaban J connectivity index is 2.25. The van der Waals surface area contributed by atoms with Crippen molar-refractivity contribution < 1.29 is 13.2 Å². The van der Waals surface area contributed by atoms with Crippen molar-refractivity contribution in [3.05, 3.63) is 46.4 Å². The summed E-state index contributed by atoms with van der Waals surface area (Å²) < 4.78 is 38.3. The molecule has 0 aliphatic heterocycles. The molecule has 21 heavy (non-hydrogen) atoms. The fourth-order valence-corrected chi connectivity index (χ4v) is 2.77. The second-order valence-corrected chi connectivity index (χ2v) is 5.93. The number of halogens is 4. The highest BCUT2D eigenvalue weighted by molar-refractivity contribution is 9.10. The van der Waals surface area contributed by atoms with Crippen molar-refractivity contribution in [2.75, 3.05) is 6.54 Å². The van der Waals surface area contributed by atoms with Crippen molar-refractivity contribution >= 4 is 26.7 Å². The van der Waals surface area contributed by atoms with Crippen LogP contribution < -0.4 is 5.32 Å². The van der Waals surface area contributed by atoms with E-state index in [0.717, 1.165) is 20.8 Å². The van der Waals surface area contributed by atoms with Gasteiger partial charge in [-0.15, -0.1) is 0 Å². The normalized spacial score (nSPS) is 13.6. The van der Waals surface area contributed by atoms with Crippen LogP contribution in [0.4, 0.5) is 13.2 Å². The van der Waals surface area contributed by atoms with E-state index in [9.17, 15) is 13.2 Å². The Labute approximate surface area is 130 Å². The number of hydrogen-bond acceptors (Lipinski definition) is 1. The Hall–Kier alpha value is -1.07. The van der Waals surface area contributed by atoms with Crippen molar-refractivity contribution in [1.82, 2.24) is 5.32 Å². The first-order valence-corrected chi connectivity index (χ1v) is 7.67. The average Bonchev–Trinajstić information content (AvgIpc) is 2.42. The Kier molecular flexibility index (Phi) is 5.27. The van der Waals surface area contributed by atoms with E-state index in [0.29, 0.717) is 6.54 Å². The van der Waals surface area contributed by atoms with Crippen LogP contribution in [0.15, 0.2) is 40.9 Å². The lowest BCUT2D eigenvalue weighted by Crippen LogP contribution is -2.23. The Morgan fingerprint density at radius 2 is 1.76 bits per heavy atom. The van der Waals surface area contributed by atoms with Gasteiger partial charge in [0, 0.05) is 16.9 Å². The lowest BCUT2D eigenvalue weighted by atomic mass is 9.98. The minimum Gasteiger partial charge on any atom is -0.310 e. The van der Waals surface area contributed by atoms with Gasteiger partial charge in [-0.05, 0) is 47.5 Å². The molecule has 0 aliphatic rings. The van der Waals surface area contributed by atoms with E-state index in [-0.39, 0.29) is 12.5 Å². The van der Waals surface area contributed by atoms with Gasteiger partial charge in [-0.2, -0.15) is 13.2 Å². The zero-order valence-corrected chi connectivity index (χ0v) is 13.3. The lowest BCUT2D eigenvalue weighted by Gasteiger charge is -2.20. The van der Waals surface area contributed by atoms with E-state index in [4.69, 9.17) is 0 Å². The third-order valence-corrected chi connectivity index (χ3v) is 3.89. The molecule has 0 aromatic heterocycles. The summed E-state index contributed by atoms with van der Waals surface area (Å²) in [6.45, 7) is 2.54. The van der Waals surface area contributed by atoms with Crippen LogP contribution in [0.5, 0.6) is 0 Å². The van der Waals surface area contributed by atoms with Gasteiger partial charge >= 0.3 is 6.18 Å². The summed E-state index contributed by atoms with van der Waals surface area (Å²) >= 11 is 3.41. The molecule has 0 heterocycles. The average molecular weight is 360 g/mol. The Bertz CT molecular complexity index is 610. The molecule has 114 valence electrons. The summed E-state index contributed by atoms with van der Waals surface area (Å²) in [5, 5.41) is 5.24. The van der Waals surface area contributed by atoms with Crippen LogP contribution in [0.1, 0.15) is 31.4 Å². The predicted octanol–water partition coefficient (Wildman–Crippen LogP) is 5.60. The van der Waals surface area contributed by atoms with Gasteiger partial charge in [0.15, 0.2) is 0 Å². The molecule has 1 N–H and O–H groups in total. The van der Waals surface area contributed by atoms with Crippen LogP contribution in [-0.2, 0) is 0 Å². The topological polar surface area (TPSA) is 12.0 Å². The summed E-state index contributed by atoms with van der Waals surface area (Å²) in [4.78, 5) is 0. The van der Waals surface area contributed by atoms with Crippen LogP contribution >= 0.6 is 15.9 Å². The van der Waals surface area contributed by atoms with Crippen LogP contribution in [0.3, 0.4) is 0 Å². The number of benzene rings is 2. The maximum Gasteiger partial charge on any atom is 0.389 e. The molecular weight excluding hydrogens is 343 g/mol. The van der Waals surface area contributed by atoms with Crippen molar-refractivity contribution in [2.24, 2.45) is 0 Å². The van der Waals surface area contributed by atoms with Gasteiger partial charge in [-0.3, -0.25) is 0 Å². The summed E-state index contributed by atoms with van der Waals surface area (Å²) in [5.41, 5.74) is 0.899. The van der Waals surface area contributed by atoms with E-state index in [1.807, 2.05) is 43.3 Å². The molecule has 0 bridgehead atoms. The molecule has 2 aromatic rings. The van der Waals surface area contributed by atoms with Gasteiger partial charge in [0.1, 0.15) is 0 Å². The maximum atomic E-state index is 12.4. The Morgan fingerprint density at radius 3 is 2.43 bits per heavy atom. The fourth-order valence-electron chi connectivity index (χ4n) is 2.39. The smallest absolute Gasteiger partial charge is 0.310 e. The first-order valence-electron chi connectivity index (χ1n) is 6.88. The van der Waals surface area contributed by atoms with Gasteiger partial charge in [0.25, 0.3) is 0 Å². The molecule has 5 heteroatoms. The van der Waals surface area contributed by atoms with Crippen LogP contribution in [-0.4, -0.2) is 12.7 Å². The highest BCUT2D eigenvalue weighted by Gasteiger charge is 2.28. The summed E-state index contributed by atoms with van der Waals surface area (Å²) in [6, 6.07) is 11.4.